The molecule has 0 aliphatic carbocycles. The van der Waals surface area contributed by atoms with E-state index in [1.54, 1.807) is 19.1 Å². The van der Waals surface area contributed by atoms with E-state index >= 15 is 0 Å². The van der Waals surface area contributed by atoms with Crippen molar-refractivity contribution in [3.8, 4) is 0 Å². The Morgan fingerprint density at radius 3 is 2.67 bits per heavy atom. The molecule has 1 rings (SSSR count). The minimum absolute atomic E-state index is 0.0580. The average Bonchev–Trinajstić information content (AvgIpc) is 2.03. The van der Waals surface area contributed by atoms with Gasteiger partial charge in [-0.05, 0) is 30.7 Å². The highest BCUT2D eigenvalue weighted by molar-refractivity contribution is 9.10. The third-order valence-electron chi connectivity index (χ3n) is 1.52. The highest BCUT2D eigenvalue weighted by Crippen LogP contribution is 2.17. The van der Waals surface area contributed by atoms with Gasteiger partial charge in [-0.2, -0.15) is 0 Å². The number of ketones is 1. The fourth-order valence-electron chi connectivity index (χ4n) is 0.931. The van der Waals surface area contributed by atoms with Crippen molar-refractivity contribution in [1.29, 1.82) is 0 Å². The summed E-state index contributed by atoms with van der Waals surface area (Å²) in [5, 5.41) is 0. The summed E-state index contributed by atoms with van der Waals surface area (Å²) in [4.78, 5) is 11.0. The van der Waals surface area contributed by atoms with E-state index in [1.165, 1.54) is 0 Å². The lowest BCUT2D eigenvalue weighted by molar-refractivity contribution is 0.101. The van der Waals surface area contributed by atoms with E-state index in [2.05, 4.69) is 15.9 Å². The van der Waals surface area contributed by atoms with E-state index in [4.69, 9.17) is 11.6 Å². The first kappa shape index (κ1) is 9.75. The predicted molar refractivity (Wildman–Crippen MR) is 53.7 cm³/mol. The predicted octanol–water partition coefficient (Wildman–Crippen LogP) is 3.39. The Morgan fingerprint density at radius 1 is 1.50 bits per heavy atom. The van der Waals surface area contributed by atoms with E-state index < -0.39 is 0 Å². The summed E-state index contributed by atoms with van der Waals surface area (Å²) in [5.41, 5.74) is 1.65. The first-order chi connectivity index (χ1) is 5.63. The Kier molecular flexibility index (Phi) is 3.29. The van der Waals surface area contributed by atoms with E-state index in [1.807, 2.05) is 6.07 Å². The number of carbonyl (C=O) groups is 1. The molecule has 0 aliphatic heterocycles. The second-order valence-corrected chi connectivity index (χ2v) is 3.72. The van der Waals surface area contributed by atoms with Crippen LogP contribution in [0.5, 0.6) is 0 Å². The van der Waals surface area contributed by atoms with E-state index in [-0.39, 0.29) is 5.78 Å². The molecule has 0 heterocycles. The van der Waals surface area contributed by atoms with Gasteiger partial charge in [-0.15, -0.1) is 11.6 Å². The molecule has 0 aliphatic rings. The number of Topliss-reactive ketones (excluding diaryl/α,β-unsaturated/α-hetero) is 1. The number of hydrogen-bond donors (Lipinski definition) is 0. The van der Waals surface area contributed by atoms with Crippen molar-refractivity contribution in [2.45, 2.75) is 12.8 Å². The molecule has 0 radical (unpaired) electrons. The lowest BCUT2D eigenvalue weighted by Gasteiger charge is -2.00. The largest absolute Gasteiger partial charge is 0.295 e. The lowest BCUT2D eigenvalue weighted by atomic mass is 10.1. The Hall–Kier alpha value is -0.340. The van der Waals surface area contributed by atoms with Crippen LogP contribution in [0.25, 0.3) is 0 Å². The van der Waals surface area contributed by atoms with Gasteiger partial charge in [-0.3, -0.25) is 4.79 Å². The van der Waals surface area contributed by atoms with Gasteiger partial charge in [0, 0.05) is 15.9 Å². The van der Waals surface area contributed by atoms with Gasteiger partial charge in [-0.1, -0.05) is 15.9 Å². The molecule has 64 valence electrons. The van der Waals surface area contributed by atoms with E-state index in [9.17, 15) is 4.79 Å². The number of halogens is 2. The normalized spacial score (nSPS) is 9.92. The van der Waals surface area contributed by atoms with Gasteiger partial charge in [0.1, 0.15) is 0 Å². The molecule has 12 heavy (non-hydrogen) atoms. The zero-order valence-electron chi connectivity index (χ0n) is 6.60. The molecule has 0 saturated carbocycles. The fourth-order valence-corrected chi connectivity index (χ4v) is 1.63. The van der Waals surface area contributed by atoms with Crippen molar-refractivity contribution in [2.75, 3.05) is 0 Å². The molecule has 0 amide bonds. The Morgan fingerprint density at radius 2 is 2.17 bits per heavy atom. The van der Waals surface area contributed by atoms with Crippen LogP contribution in [0.15, 0.2) is 22.7 Å². The van der Waals surface area contributed by atoms with Gasteiger partial charge in [0.15, 0.2) is 5.78 Å². The molecule has 1 aromatic carbocycles. The van der Waals surface area contributed by atoms with Crippen LogP contribution in [0.4, 0.5) is 0 Å². The van der Waals surface area contributed by atoms with Crippen LogP contribution in [-0.2, 0) is 5.88 Å². The topological polar surface area (TPSA) is 17.1 Å². The summed E-state index contributed by atoms with van der Waals surface area (Å²) in [7, 11) is 0. The van der Waals surface area contributed by atoms with Crippen LogP contribution in [0.2, 0.25) is 0 Å². The zero-order chi connectivity index (χ0) is 9.14. The van der Waals surface area contributed by atoms with Gasteiger partial charge >= 0.3 is 0 Å². The van der Waals surface area contributed by atoms with Gasteiger partial charge in [0.2, 0.25) is 0 Å². The van der Waals surface area contributed by atoms with E-state index in [0.29, 0.717) is 11.4 Å². The summed E-state index contributed by atoms with van der Waals surface area (Å²) in [6.07, 6.45) is 0. The molecule has 0 spiro atoms. The molecule has 0 unspecified atom stereocenters. The SMILES string of the molecule is CC(=O)c1cc(Br)cc(CCl)c1. The third-order valence-corrected chi connectivity index (χ3v) is 2.28. The lowest BCUT2D eigenvalue weighted by Crippen LogP contribution is -1.93. The van der Waals surface area contributed by atoms with Gasteiger partial charge in [0.25, 0.3) is 0 Å². The Labute approximate surface area is 84.9 Å². The number of rotatable bonds is 2. The van der Waals surface area contributed by atoms with Crippen LogP contribution in [0, 0.1) is 0 Å². The molecule has 0 fully saturated rings. The molecule has 3 heteroatoms. The van der Waals surface area contributed by atoms with Gasteiger partial charge < -0.3 is 0 Å². The van der Waals surface area contributed by atoms with Crippen molar-refractivity contribution < 1.29 is 4.79 Å². The standard InChI is InChI=1S/C9H8BrClO/c1-6(12)8-2-7(5-11)3-9(10)4-8/h2-4H,5H2,1H3. The molecule has 1 aromatic rings. The molecule has 1 nitrogen and oxygen atoms in total. The molecular formula is C9H8BrClO. The van der Waals surface area contributed by atoms with E-state index in [0.717, 1.165) is 10.0 Å². The van der Waals surface area contributed by atoms with Gasteiger partial charge in [0.05, 0.1) is 0 Å². The summed E-state index contributed by atoms with van der Waals surface area (Å²) in [5.74, 6) is 0.488. The Balaban J connectivity index is 3.15. The quantitative estimate of drug-likeness (QED) is 0.578. The first-order valence-electron chi connectivity index (χ1n) is 3.50. The third kappa shape index (κ3) is 2.32. The van der Waals surface area contributed by atoms with Crippen molar-refractivity contribution in [3.63, 3.8) is 0 Å². The van der Waals surface area contributed by atoms with Crippen LogP contribution in [-0.4, -0.2) is 5.78 Å². The summed E-state index contributed by atoms with van der Waals surface area (Å²) >= 11 is 8.95. The molecular weight excluding hydrogens is 239 g/mol. The summed E-state index contributed by atoms with van der Waals surface area (Å²) in [6.45, 7) is 1.54. The number of carbonyl (C=O) groups excluding carboxylic acids is 1. The van der Waals surface area contributed by atoms with Crippen LogP contribution in [0.1, 0.15) is 22.8 Å². The fraction of sp³-hybridized carbons (Fsp3) is 0.222. The highest BCUT2D eigenvalue weighted by atomic mass is 79.9. The molecule has 0 saturated heterocycles. The average molecular weight is 248 g/mol. The van der Waals surface area contributed by atoms with Crippen molar-refractivity contribution in [2.24, 2.45) is 0 Å². The summed E-state index contributed by atoms with van der Waals surface area (Å²) < 4.78 is 0.894. The molecule has 0 atom stereocenters. The van der Waals surface area contributed by atoms with Crippen molar-refractivity contribution >= 4 is 33.3 Å². The highest BCUT2D eigenvalue weighted by Gasteiger charge is 2.02. The van der Waals surface area contributed by atoms with Crippen molar-refractivity contribution in [3.05, 3.63) is 33.8 Å². The van der Waals surface area contributed by atoms with Crippen LogP contribution in [0.3, 0.4) is 0 Å². The minimum Gasteiger partial charge on any atom is -0.295 e. The summed E-state index contributed by atoms with van der Waals surface area (Å²) in [6, 6.07) is 5.50. The second-order valence-electron chi connectivity index (χ2n) is 2.54. The Bertz CT molecular complexity index is 309. The second kappa shape index (κ2) is 4.06. The van der Waals surface area contributed by atoms with Crippen molar-refractivity contribution in [1.82, 2.24) is 0 Å². The number of alkyl halides is 1. The molecule has 0 bridgehead atoms. The molecule has 0 aromatic heterocycles. The zero-order valence-corrected chi connectivity index (χ0v) is 8.95. The molecule has 0 N–H and O–H groups in total. The maximum Gasteiger partial charge on any atom is 0.159 e. The minimum atomic E-state index is 0.0580. The first-order valence-corrected chi connectivity index (χ1v) is 4.82. The maximum absolute atomic E-state index is 11.0. The number of benzene rings is 1. The smallest absolute Gasteiger partial charge is 0.159 e. The maximum atomic E-state index is 11.0. The number of hydrogen-bond acceptors (Lipinski definition) is 1. The van der Waals surface area contributed by atoms with Gasteiger partial charge in [-0.25, -0.2) is 0 Å². The van der Waals surface area contributed by atoms with Crippen LogP contribution >= 0.6 is 27.5 Å². The van der Waals surface area contributed by atoms with Crippen LogP contribution < -0.4 is 0 Å². The monoisotopic (exact) mass is 246 g/mol.